The summed E-state index contributed by atoms with van der Waals surface area (Å²) in [5.74, 6) is 3.18. The Balaban J connectivity index is 1.32. The minimum Gasteiger partial charge on any atom is -0.454 e. The van der Waals surface area contributed by atoms with Crippen molar-refractivity contribution in [3.8, 4) is 11.5 Å². The van der Waals surface area contributed by atoms with E-state index in [0.717, 1.165) is 55.7 Å². The summed E-state index contributed by atoms with van der Waals surface area (Å²) in [6.45, 7) is 5.66. The van der Waals surface area contributed by atoms with Crippen LogP contribution in [-0.2, 0) is 36.5 Å². The lowest BCUT2D eigenvalue weighted by molar-refractivity contribution is 0.00200. The van der Waals surface area contributed by atoms with Gasteiger partial charge in [0.25, 0.3) is 5.56 Å². The van der Waals surface area contributed by atoms with Crippen LogP contribution in [0.2, 0.25) is 0 Å². The monoisotopic (exact) mass is 560 g/mol. The summed E-state index contributed by atoms with van der Waals surface area (Å²) in [6.07, 6.45) is 1.58. The number of benzene rings is 2. The van der Waals surface area contributed by atoms with Crippen molar-refractivity contribution >= 4 is 39.1 Å². The number of fused-ring (bicyclic) bond motifs is 6. The average molecular weight is 561 g/mol. The summed E-state index contributed by atoms with van der Waals surface area (Å²) < 4.78 is 21.1. The van der Waals surface area contributed by atoms with Crippen molar-refractivity contribution in [3.63, 3.8) is 0 Å². The molecule has 2 aliphatic rings. The van der Waals surface area contributed by atoms with Crippen molar-refractivity contribution in [3.05, 3.63) is 80.5 Å². The van der Waals surface area contributed by atoms with Gasteiger partial charge in [0.2, 0.25) is 12.6 Å². The molecule has 2 aliphatic heterocycles. The molecule has 5 aromatic rings. The average Bonchev–Trinajstić information content (AvgIpc) is 3.68. The van der Waals surface area contributed by atoms with Crippen molar-refractivity contribution in [2.24, 2.45) is 5.92 Å². The predicted octanol–water partition coefficient (Wildman–Crippen LogP) is 5.47. The molecule has 8 nitrogen and oxygen atoms in total. The minimum absolute atomic E-state index is 0.00931. The summed E-state index contributed by atoms with van der Waals surface area (Å²) in [4.78, 5) is 16.1. The van der Waals surface area contributed by atoms with Crippen LogP contribution in [-0.4, -0.2) is 32.1 Å². The zero-order valence-corrected chi connectivity index (χ0v) is 23.4. The van der Waals surface area contributed by atoms with Gasteiger partial charge >= 0.3 is 0 Å². The first-order chi connectivity index (χ1) is 19.1. The lowest BCUT2D eigenvalue weighted by Gasteiger charge is -2.26. The number of hydrogen-bond donors (Lipinski definition) is 0. The molecule has 10 heteroatoms. The Morgan fingerprint density at radius 2 is 1.92 bits per heavy atom. The van der Waals surface area contributed by atoms with E-state index >= 15 is 0 Å². The van der Waals surface area contributed by atoms with Gasteiger partial charge in [-0.3, -0.25) is 9.36 Å². The van der Waals surface area contributed by atoms with Crippen LogP contribution < -0.4 is 15.0 Å². The quantitative estimate of drug-likeness (QED) is 0.244. The topological polar surface area (TPSA) is 79.9 Å². The zero-order chi connectivity index (χ0) is 26.5. The number of aromatic nitrogens is 4. The molecule has 0 amide bonds. The molecule has 5 heterocycles. The third kappa shape index (κ3) is 4.40. The van der Waals surface area contributed by atoms with E-state index in [-0.39, 0.29) is 18.5 Å². The summed E-state index contributed by atoms with van der Waals surface area (Å²) in [5.41, 5.74) is 3.42. The SMILES string of the molecule is CC(C)C1Cc2c(sc3c2c(=O)n(CCc2ccccc2)c2nnc(SCc4ccc5c(c4)OCO5)n32)CO1. The maximum Gasteiger partial charge on any atom is 0.263 e. The first-order valence-corrected chi connectivity index (χ1v) is 15.0. The Labute approximate surface area is 233 Å². The van der Waals surface area contributed by atoms with Gasteiger partial charge < -0.3 is 14.2 Å². The van der Waals surface area contributed by atoms with Gasteiger partial charge in [0.15, 0.2) is 16.7 Å². The first kappa shape index (κ1) is 24.7. The van der Waals surface area contributed by atoms with Gasteiger partial charge in [-0.2, -0.15) is 0 Å². The molecule has 0 fully saturated rings. The molecule has 0 saturated heterocycles. The molecular weight excluding hydrogens is 532 g/mol. The number of hydrogen-bond acceptors (Lipinski definition) is 8. The van der Waals surface area contributed by atoms with Gasteiger partial charge in [0.1, 0.15) is 4.83 Å². The highest BCUT2D eigenvalue weighted by Crippen LogP contribution is 2.38. The standard InChI is InChI=1S/C29H28N4O4S2/c1-17(2)22-13-20-24(14-35-22)39-27-25(20)26(34)32(11-10-18-6-4-3-5-7-18)28-30-31-29(33(27)28)38-15-19-8-9-21-23(12-19)37-16-36-21/h3-9,12,17,22H,10-11,13-16H2,1-2H3. The number of thiophene rings is 1. The summed E-state index contributed by atoms with van der Waals surface area (Å²) in [6, 6.07) is 16.2. The molecule has 0 N–H and O–H groups in total. The molecule has 2 aromatic carbocycles. The van der Waals surface area contributed by atoms with Crippen LogP contribution in [0.4, 0.5) is 0 Å². The maximum absolute atomic E-state index is 14.1. The van der Waals surface area contributed by atoms with Crippen LogP contribution in [0.5, 0.6) is 11.5 Å². The third-order valence-corrected chi connectivity index (χ3v) is 9.63. The Bertz CT molecular complexity index is 1740. The zero-order valence-electron chi connectivity index (χ0n) is 21.8. The fourth-order valence-electron chi connectivity index (χ4n) is 5.28. The van der Waals surface area contributed by atoms with Gasteiger partial charge in [-0.05, 0) is 41.2 Å². The van der Waals surface area contributed by atoms with Crippen molar-refractivity contribution in [1.29, 1.82) is 0 Å². The summed E-state index contributed by atoms with van der Waals surface area (Å²) in [5, 5.41) is 10.7. The molecule has 1 unspecified atom stereocenters. The Hall–Kier alpha value is -3.34. The second-order valence-electron chi connectivity index (χ2n) is 10.3. The van der Waals surface area contributed by atoms with Gasteiger partial charge in [-0.25, -0.2) is 4.40 Å². The normalized spacial score (nSPS) is 16.4. The number of rotatable bonds is 7. The fourth-order valence-corrected chi connectivity index (χ4v) is 7.45. The van der Waals surface area contributed by atoms with Crippen LogP contribution in [0.1, 0.15) is 35.4 Å². The number of nitrogens with zero attached hydrogens (tertiary/aromatic N) is 4. The van der Waals surface area contributed by atoms with Crippen LogP contribution in [0.3, 0.4) is 0 Å². The lowest BCUT2D eigenvalue weighted by Crippen LogP contribution is -2.29. The molecule has 0 bridgehead atoms. The van der Waals surface area contributed by atoms with Crippen LogP contribution in [0, 0.1) is 5.92 Å². The fraction of sp³-hybridized carbons (Fsp3) is 0.345. The molecule has 0 aliphatic carbocycles. The van der Waals surface area contributed by atoms with Gasteiger partial charge in [0, 0.05) is 23.6 Å². The Morgan fingerprint density at radius 1 is 1.08 bits per heavy atom. The molecular formula is C29H28N4O4S2. The molecule has 1 atom stereocenters. The summed E-state index contributed by atoms with van der Waals surface area (Å²) in [7, 11) is 0. The first-order valence-electron chi connectivity index (χ1n) is 13.2. The summed E-state index contributed by atoms with van der Waals surface area (Å²) >= 11 is 3.24. The van der Waals surface area contributed by atoms with E-state index in [2.05, 4.69) is 40.6 Å². The minimum atomic E-state index is 0.00931. The molecule has 0 saturated carbocycles. The van der Waals surface area contributed by atoms with E-state index < -0.39 is 0 Å². The van der Waals surface area contributed by atoms with Crippen molar-refractivity contribution in [2.45, 2.75) is 56.9 Å². The predicted molar refractivity (Wildman–Crippen MR) is 152 cm³/mol. The number of thioether (sulfide) groups is 1. The Morgan fingerprint density at radius 3 is 2.77 bits per heavy atom. The van der Waals surface area contributed by atoms with Crippen molar-refractivity contribution in [1.82, 2.24) is 19.2 Å². The van der Waals surface area contributed by atoms with Gasteiger partial charge in [-0.15, -0.1) is 21.5 Å². The highest BCUT2D eigenvalue weighted by molar-refractivity contribution is 7.98. The van der Waals surface area contributed by atoms with Crippen LogP contribution >= 0.6 is 23.1 Å². The lowest BCUT2D eigenvalue weighted by atomic mass is 9.96. The number of aryl methyl sites for hydroxylation is 2. The second kappa shape index (κ2) is 10.0. The highest BCUT2D eigenvalue weighted by Gasteiger charge is 2.30. The van der Waals surface area contributed by atoms with E-state index in [1.807, 2.05) is 36.4 Å². The van der Waals surface area contributed by atoms with Gasteiger partial charge in [-0.1, -0.05) is 62.0 Å². The largest absolute Gasteiger partial charge is 0.454 e. The maximum atomic E-state index is 14.1. The molecule has 7 rings (SSSR count). The Kier molecular flexibility index (Phi) is 6.33. The second-order valence-corrected chi connectivity index (χ2v) is 12.3. The van der Waals surface area contributed by atoms with Crippen LogP contribution in [0.15, 0.2) is 58.5 Å². The molecule has 0 radical (unpaired) electrons. The molecule has 0 spiro atoms. The molecule has 200 valence electrons. The van der Waals surface area contributed by atoms with E-state index in [9.17, 15) is 4.79 Å². The van der Waals surface area contributed by atoms with E-state index in [1.54, 1.807) is 27.7 Å². The van der Waals surface area contributed by atoms with E-state index in [1.165, 1.54) is 5.56 Å². The van der Waals surface area contributed by atoms with E-state index in [0.29, 0.717) is 30.6 Å². The van der Waals surface area contributed by atoms with Crippen LogP contribution in [0.25, 0.3) is 16.0 Å². The van der Waals surface area contributed by atoms with Crippen molar-refractivity contribution in [2.75, 3.05) is 6.79 Å². The third-order valence-electron chi connectivity index (χ3n) is 7.44. The smallest absolute Gasteiger partial charge is 0.263 e. The van der Waals surface area contributed by atoms with E-state index in [4.69, 9.17) is 14.2 Å². The molecule has 39 heavy (non-hydrogen) atoms. The number of ether oxygens (including phenoxy) is 3. The van der Waals surface area contributed by atoms with Crippen molar-refractivity contribution < 1.29 is 14.2 Å². The van der Waals surface area contributed by atoms with Gasteiger partial charge in [0.05, 0.1) is 18.1 Å². The molecule has 3 aromatic heterocycles. The highest BCUT2D eigenvalue weighted by atomic mass is 32.2.